The van der Waals surface area contributed by atoms with Gasteiger partial charge in [0, 0.05) is 23.8 Å². The van der Waals surface area contributed by atoms with Crippen LogP contribution in [0.3, 0.4) is 0 Å². The van der Waals surface area contributed by atoms with Crippen molar-refractivity contribution in [1.82, 2.24) is 9.55 Å². The molecule has 2 aromatic carbocycles. The van der Waals surface area contributed by atoms with Gasteiger partial charge in [-0.3, -0.25) is 9.36 Å². The quantitative estimate of drug-likeness (QED) is 0.288. The molecule has 0 aliphatic heterocycles. The van der Waals surface area contributed by atoms with E-state index in [1.165, 1.54) is 16.3 Å². The molecule has 0 saturated heterocycles. The number of nitrogens with zero attached hydrogens (tertiary/aromatic N) is 2. The molecular formula is C21H18N2O4S. The van der Waals surface area contributed by atoms with Gasteiger partial charge in [-0.05, 0) is 25.1 Å². The lowest BCUT2D eigenvalue weighted by molar-refractivity contribution is 0.0491. The van der Waals surface area contributed by atoms with Gasteiger partial charge in [-0.25, -0.2) is 9.78 Å². The molecule has 0 unspecified atom stereocenters. The Morgan fingerprint density at radius 2 is 1.86 bits per heavy atom. The van der Waals surface area contributed by atoms with Crippen molar-refractivity contribution in [2.45, 2.75) is 17.8 Å². The van der Waals surface area contributed by atoms with Crippen molar-refractivity contribution in [2.75, 3.05) is 6.61 Å². The molecule has 0 fully saturated rings. The van der Waals surface area contributed by atoms with Crippen LogP contribution in [0.4, 0.5) is 0 Å². The lowest BCUT2D eigenvalue weighted by Crippen LogP contribution is -2.20. The van der Waals surface area contributed by atoms with E-state index in [0.29, 0.717) is 27.4 Å². The first-order chi connectivity index (χ1) is 13.6. The molecule has 4 rings (SSSR count). The summed E-state index contributed by atoms with van der Waals surface area (Å²) in [5, 5.41) is 2.00. The van der Waals surface area contributed by atoms with E-state index < -0.39 is 5.97 Å². The van der Waals surface area contributed by atoms with Crippen LogP contribution in [-0.2, 0) is 17.5 Å². The first kappa shape index (κ1) is 18.3. The van der Waals surface area contributed by atoms with Crippen molar-refractivity contribution in [1.29, 1.82) is 0 Å². The highest BCUT2D eigenvalue weighted by Crippen LogP contribution is 2.32. The molecule has 142 valence electrons. The van der Waals surface area contributed by atoms with Crippen LogP contribution in [-0.4, -0.2) is 22.1 Å². The fourth-order valence-corrected chi connectivity index (χ4v) is 4.07. The summed E-state index contributed by atoms with van der Waals surface area (Å²) in [6, 6.07) is 14.7. The number of carbonyl (C=O) groups is 1. The van der Waals surface area contributed by atoms with Gasteiger partial charge in [-0.15, -0.1) is 0 Å². The molecule has 0 N–H and O–H groups in total. The molecule has 7 heteroatoms. The number of hydrogen-bond donors (Lipinski definition) is 0. The minimum atomic E-state index is -0.491. The highest BCUT2D eigenvalue weighted by molar-refractivity contribution is 7.98. The molecule has 2 aromatic heterocycles. The highest BCUT2D eigenvalue weighted by atomic mass is 32.2. The second-order valence-corrected chi connectivity index (χ2v) is 7.13. The van der Waals surface area contributed by atoms with Crippen LogP contribution in [0.15, 0.2) is 62.9 Å². The second kappa shape index (κ2) is 7.52. The van der Waals surface area contributed by atoms with Gasteiger partial charge in [-0.1, -0.05) is 42.1 Å². The zero-order valence-corrected chi connectivity index (χ0v) is 16.3. The van der Waals surface area contributed by atoms with Crippen LogP contribution in [0, 0.1) is 0 Å². The van der Waals surface area contributed by atoms with Crippen LogP contribution in [0.1, 0.15) is 23.0 Å². The molecule has 2 heterocycles. The highest BCUT2D eigenvalue weighted by Gasteiger charge is 2.22. The molecule has 6 nitrogen and oxygen atoms in total. The Morgan fingerprint density at radius 3 is 2.64 bits per heavy atom. The Labute approximate surface area is 165 Å². The van der Waals surface area contributed by atoms with Crippen LogP contribution < -0.4 is 5.56 Å². The SMILES string of the molecule is CCOC(=O)c1oc2ccccc2c1CSc1nc2ccccc2c(=O)n1C. The summed E-state index contributed by atoms with van der Waals surface area (Å²) in [6.45, 7) is 2.02. The Kier molecular flexibility index (Phi) is 4.92. The summed E-state index contributed by atoms with van der Waals surface area (Å²) in [6.07, 6.45) is 0. The van der Waals surface area contributed by atoms with Crippen molar-refractivity contribution in [3.05, 3.63) is 70.2 Å². The molecular weight excluding hydrogens is 376 g/mol. The van der Waals surface area contributed by atoms with Crippen molar-refractivity contribution in [3.8, 4) is 0 Å². The van der Waals surface area contributed by atoms with E-state index in [0.717, 1.165) is 10.9 Å². The number of furan rings is 1. The zero-order valence-electron chi connectivity index (χ0n) is 15.5. The molecule has 0 aliphatic carbocycles. The topological polar surface area (TPSA) is 74.3 Å². The number of rotatable bonds is 5. The summed E-state index contributed by atoms with van der Waals surface area (Å²) in [7, 11) is 1.70. The van der Waals surface area contributed by atoms with Crippen LogP contribution in [0.5, 0.6) is 0 Å². The number of benzene rings is 2. The smallest absolute Gasteiger partial charge is 0.374 e. The molecule has 0 saturated carbocycles. The van der Waals surface area contributed by atoms with E-state index in [-0.39, 0.29) is 17.9 Å². The molecule has 28 heavy (non-hydrogen) atoms. The summed E-state index contributed by atoms with van der Waals surface area (Å²) < 4.78 is 12.4. The Hall–Kier alpha value is -3.06. The Morgan fingerprint density at radius 1 is 1.14 bits per heavy atom. The second-order valence-electron chi connectivity index (χ2n) is 6.19. The number of hydrogen-bond acceptors (Lipinski definition) is 6. The van der Waals surface area contributed by atoms with Gasteiger partial charge >= 0.3 is 5.97 Å². The van der Waals surface area contributed by atoms with Crippen LogP contribution >= 0.6 is 11.8 Å². The van der Waals surface area contributed by atoms with Crippen molar-refractivity contribution >= 4 is 39.6 Å². The first-order valence-corrected chi connectivity index (χ1v) is 9.84. The van der Waals surface area contributed by atoms with Crippen molar-refractivity contribution in [3.63, 3.8) is 0 Å². The van der Waals surface area contributed by atoms with E-state index in [4.69, 9.17) is 9.15 Å². The number of carbonyl (C=O) groups excluding carboxylic acids is 1. The third kappa shape index (κ3) is 3.18. The Bertz CT molecular complexity index is 1240. The zero-order chi connectivity index (χ0) is 19.7. The predicted molar refractivity (Wildman–Crippen MR) is 109 cm³/mol. The summed E-state index contributed by atoms with van der Waals surface area (Å²) in [5.74, 6) is 0.125. The van der Waals surface area contributed by atoms with E-state index in [2.05, 4.69) is 4.98 Å². The van der Waals surface area contributed by atoms with E-state index in [1.54, 1.807) is 20.0 Å². The molecule has 0 amide bonds. The van der Waals surface area contributed by atoms with Gasteiger partial charge < -0.3 is 9.15 Å². The van der Waals surface area contributed by atoms with Gasteiger partial charge in [0.15, 0.2) is 5.16 Å². The van der Waals surface area contributed by atoms with Crippen molar-refractivity contribution in [2.24, 2.45) is 7.05 Å². The maximum absolute atomic E-state index is 12.6. The Balaban J connectivity index is 1.74. The minimum Gasteiger partial charge on any atom is -0.460 e. The first-order valence-electron chi connectivity index (χ1n) is 8.86. The largest absolute Gasteiger partial charge is 0.460 e. The summed E-state index contributed by atoms with van der Waals surface area (Å²) >= 11 is 1.38. The lowest BCUT2D eigenvalue weighted by atomic mass is 10.1. The number of fused-ring (bicyclic) bond motifs is 2. The monoisotopic (exact) mass is 394 g/mol. The van der Waals surface area contributed by atoms with Crippen LogP contribution in [0.25, 0.3) is 21.9 Å². The standard InChI is InChI=1S/C21H18N2O4S/c1-3-26-20(25)18-15(13-8-5-7-11-17(13)27-18)12-28-21-22-16-10-6-4-9-14(16)19(24)23(21)2/h4-11H,3,12H2,1-2H3. The summed E-state index contributed by atoms with van der Waals surface area (Å²) in [5.41, 5.74) is 1.91. The van der Waals surface area contributed by atoms with Crippen molar-refractivity contribution < 1.29 is 13.9 Å². The lowest BCUT2D eigenvalue weighted by Gasteiger charge is -2.09. The van der Waals surface area contributed by atoms with Gasteiger partial charge in [-0.2, -0.15) is 0 Å². The third-order valence-electron chi connectivity index (χ3n) is 4.45. The fourth-order valence-electron chi connectivity index (χ4n) is 3.07. The predicted octanol–water partition coefficient (Wildman–Crippen LogP) is 4.15. The van der Waals surface area contributed by atoms with Gasteiger partial charge in [0.25, 0.3) is 5.56 Å². The molecule has 0 bridgehead atoms. The molecule has 4 aromatic rings. The molecule has 0 radical (unpaired) electrons. The number of thioether (sulfide) groups is 1. The maximum atomic E-state index is 12.6. The summed E-state index contributed by atoms with van der Waals surface area (Å²) in [4.78, 5) is 29.6. The number of ether oxygens (including phenoxy) is 1. The van der Waals surface area contributed by atoms with E-state index in [9.17, 15) is 9.59 Å². The number of para-hydroxylation sites is 2. The third-order valence-corrected chi connectivity index (χ3v) is 5.50. The maximum Gasteiger partial charge on any atom is 0.374 e. The average Bonchev–Trinajstić information content (AvgIpc) is 3.08. The van der Waals surface area contributed by atoms with Gasteiger partial charge in [0.1, 0.15) is 5.58 Å². The van der Waals surface area contributed by atoms with E-state index >= 15 is 0 Å². The number of aromatic nitrogens is 2. The number of esters is 1. The average molecular weight is 394 g/mol. The van der Waals surface area contributed by atoms with Gasteiger partial charge in [0.05, 0.1) is 17.5 Å². The normalized spacial score (nSPS) is 11.2. The molecule has 0 spiro atoms. The van der Waals surface area contributed by atoms with Gasteiger partial charge in [0.2, 0.25) is 5.76 Å². The molecule has 0 aliphatic rings. The minimum absolute atomic E-state index is 0.101. The van der Waals surface area contributed by atoms with Crippen LogP contribution in [0.2, 0.25) is 0 Å². The fraction of sp³-hybridized carbons (Fsp3) is 0.190. The molecule has 0 atom stereocenters. The van der Waals surface area contributed by atoms with E-state index in [1.807, 2.05) is 42.5 Å².